The van der Waals surface area contributed by atoms with E-state index < -0.39 is 0 Å². The summed E-state index contributed by atoms with van der Waals surface area (Å²) in [4.78, 5) is 28.3. The molecule has 0 aromatic carbocycles. The first-order chi connectivity index (χ1) is 9.27. The van der Waals surface area contributed by atoms with Gasteiger partial charge in [-0.2, -0.15) is 0 Å². The zero-order valence-electron chi connectivity index (χ0n) is 13.2. The van der Waals surface area contributed by atoms with Gasteiger partial charge >= 0.3 is 0 Å². The summed E-state index contributed by atoms with van der Waals surface area (Å²) in [6, 6.07) is 0. The van der Waals surface area contributed by atoms with Gasteiger partial charge in [0.1, 0.15) is 0 Å². The summed E-state index contributed by atoms with van der Waals surface area (Å²) in [5.41, 5.74) is 2.50. The van der Waals surface area contributed by atoms with Gasteiger partial charge in [0.05, 0.1) is 11.8 Å². The Kier molecular flexibility index (Phi) is 3.76. The largest absolute Gasteiger partial charge is 0.349 e. The van der Waals surface area contributed by atoms with Crippen molar-refractivity contribution in [2.75, 3.05) is 28.2 Å². The smallest absolute Gasteiger partial charge is 0.226 e. The van der Waals surface area contributed by atoms with Crippen molar-refractivity contribution >= 4 is 11.8 Å². The SMILES string of the molecule is CC(C)=C1C2C=CC1C(C(=O)N(C)C)C2C(=O)N(C)C. The van der Waals surface area contributed by atoms with Gasteiger partial charge in [0.15, 0.2) is 0 Å². The van der Waals surface area contributed by atoms with E-state index in [-0.39, 0.29) is 35.5 Å². The third-order valence-electron chi connectivity index (χ3n) is 4.43. The van der Waals surface area contributed by atoms with E-state index in [1.807, 2.05) is 0 Å². The number of carbonyl (C=O) groups excluding carboxylic acids is 2. The van der Waals surface area contributed by atoms with E-state index in [2.05, 4.69) is 26.0 Å². The number of allylic oxidation sites excluding steroid dienone is 4. The van der Waals surface area contributed by atoms with Gasteiger partial charge in [0.2, 0.25) is 11.8 Å². The number of rotatable bonds is 2. The molecule has 20 heavy (non-hydrogen) atoms. The maximum Gasteiger partial charge on any atom is 0.226 e. The number of carbonyl (C=O) groups is 2. The van der Waals surface area contributed by atoms with Crippen molar-refractivity contribution in [1.29, 1.82) is 0 Å². The van der Waals surface area contributed by atoms with Crippen LogP contribution in [0.4, 0.5) is 0 Å². The molecule has 2 bridgehead atoms. The summed E-state index contributed by atoms with van der Waals surface area (Å²) in [5.74, 6) is -0.205. The van der Waals surface area contributed by atoms with Crippen molar-refractivity contribution in [3.8, 4) is 0 Å². The van der Waals surface area contributed by atoms with Crippen LogP contribution in [-0.4, -0.2) is 49.8 Å². The molecular weight excluding hydrogens is 252 g/mol. The maximum absolute atomic E-state index is 12.5. The Morgan fingerprint density at radius 3 is 1.45 bits per heavy atom. The number of hydrogen-bond acceptors (Lipinski definition) is 2. The Hall–Kier alpha value is -1.58. The standard InChI is InChI=1S/C16H24N2O2/c1-9(2)12-10-7-8-11(12)14(16(20)18(5)6)13(10)15(19)17(3)4/h7-8,10-11,13-14H,1-6H3. The van der Waals surface area contributed by atoms with Crippen molar-refractivity contribution in [3.63, 3.8) is 0 Å². The van der Waals surface area contributed by atoms with E-state index in [4.69, 9.17) is 0 Å². The predicted octanol–water partition coefficient (Wildman–Crippen LogP) is 1.55. The lowest BCUT2D eigenvalue weighted by Crippen LogP contribution is -2.43. The van der Waals surface area contributed by atoms with E-state index in [0.29, 0.717) is 0 Å². The first-order valence-corrected chi connectivity index (χ1v) is 7.05. The van der Waals surface area contributed by atoms with Crippen molar-refractivity contribution in [1.82, 2.24) is 9.80 Å². The monoisotopic (exact) mass is 276 g/mol. The average molecular weight is 276 g/mol. The van der Waals surface area contributed by atoms with Crippen LogP contribution in [0.2, 0.25) is 0 Å². The average Bonchev–Trinajstić information content (AvgIpc) is 2.91. The lowest BCUT2D eigenvalue weighted by molar-refractivity contribution is -0.144. The van der Waals surface area contributed by atoms with Crippen LogP contribution in [0.3, 0.4) is 0 Å². The molecule has 4 heteroatoms. The number of amides is 2. The molecule has 1 saturated carbocycles. The Labute approximate surface area is 121 Å². The first-order valence-electron chi connectivity index (χ1n) is 7.05. The fourth-order valence-corrected chi connectivity index (χ4v) is 3.62. The van der Waals surface area contributed by atoms with Crippen molar-refractivity contribution < 1.29 is 9.59 Å². The van der Waals surface area contributed by atoms with Gasteiger partial charge < -0.3 is 9.80 Å². The number of hydrogen-bond donors (Lipinski definition) is 0. The third kappa shape index (κ3) is 2.07. The fourth-order valence-electron chi connectivity index (χ4n) is 3.62. The van der Waals surface area contributed by atoms with Crippen LogP contribution in [-0.2, 0) is 9.59 Å². The second kappa shape index (κ2) is 5.08. The molecule has 4 unspecified atom stereocenters. The summed E-state index contributed by atoms with van der Waals surface area (Å²) in [6.45, 7) is 4.14. The molecule has 2 amide bonds. The Morgan fingerprint density at radius 1 is 0.850 bits per heavy atom. The van der Waals surface area contributed by atoms with Crippen LogP contribution in [0.15, 0.2) is 23.3 Å². The zero-order chi connectivity index (χ0) is 15.2. The highest BCUT2D eigenvalue weighted by molar-refractivity contribution is 5.91. The maximum atomic E-state index is 12.5. The molecule has 2 rings (SSSR count). The van der Waals surface area contributed by atoms with Crippen molar-refractivity contribution in [3.05, 3.63) is 23.3 Å². The molecule has 0 aliphatic heterocycles. The molecule has 4 atom stereocenters. The normalized spacial score (nSPS) is 30.6. The molecule has 0 spiro atoms. The lowest BCUT2D eigenvalue weighted by atomic mass is 9.81. The second-order valence-electron chi connectivity index (χ2n) is 6.41. The minimum Gasteiger partial charge on any atom is -0.349 e. The van der Waals surface area contributed by atoms with Crippen LogP contribution in [0.1, 0.15) is 13.8 Å². The minimum absolute atomic E-state index is 0.0563. The molecule has 0 heterocycles. The molecular formula is C16H24N2O2. The molecule has 2 aliphatic carbocycles. The highest BCUT2D eigenvalue weighted by Crippen LogP contribution is 2.53. The fraction of sp³-hybridized carbons (Fsp3) is 0.625. The van der Waals surface area contributed by atoms with Gasteiger partial charge in [-0.25, -0.2) is 0 Å². The summed E-state index contributed by atoms with van der Waals surface area (Å²) in [7, 11) is 7.05. The van der Waals surface area contributed by atoms with Gasteiger partial charge in [-0.3, -0.25) is 9.59 Å². The quantitative estimate of drug-likeness (QED) is 0.718. The Bertz CT molecular complexity index is 461. The van der Waals surface area contributed by atoms with E-state index in [1.165, 1.54) is 11.1 Å². The van der Waals surface area contributed by atoms with Gasteiger partial charge in [0.25, 0.3) is 0 Å². The third-order valence-corrected chi connectivity index (χ3v) is 4.43. The molecule has 1 fully saturated rings. The van der Waals surface area contributed by atoms with Crippen LogP contribution < -0.4 is 0 Å². The number of nitrogens with zero attached hydrogens (tertiary/aromatic N) is 2. The molecule has 0 aromatic heterocycles. The highest BCUT2D eigenvalue weighted by atomic mass is 16.2. The molecule has 0 saturated heterocycles. The lowest BCUT2D eigenvalue weighted by Gasteiger charge is -2.29. The van der Waals surface area contributed by atoms with Crippen molar-refractivity contribution in [2.24, 2.45) is 23.7 Å². The van der Waals surface area contributed by atoms with E-state index in [1.54, 1.807) is 38.0 Å². The summed E-state index contributed by atoms with van der Waals surface area (Å²) >= 11 is 0. The van der Waals surface area contributed by atoms with Crippen LogP contribution in [0.5, 0.6) is 0 Å². The number of fused-ring (bicyclic) bond motifs is 2. The summed E-state index contributed by atoms with van der Waals surface area (Å²) < 4.78 is 0. The second-order valence-corrected chi connectivity index (χ2v) is 6.41. The predicted molar refractivity (Wildman–Crippen MR) is 78.9 cm³/mol. The van der Waals surface area contributed by atoms with E-state index in [9.17, 15) is 9.59 Å². The van der Waals surface area contributed by atoms with Gasteiger partial charge in [-0.15, -0.1) is 0 Å². The van der Waals surface area contributed by atoms with Crippen LogP contribution in [0.25, 0.3) is 0 Å². The Balaban J connectivity index is 2.48. The molecule has 0 N–H and O–H groups in total. The van der Waals surface area contributed by atoms with E-state index >= 15 is 0 Å². The molecule has 4 nitrogen and oxygen atoms in total. The molecule has 110 valence electrons. The van der Waals surface area contributed by atoms with Crippen LogP contribution in [0, 0.1) is 23.7 Å². The topological polar surface area (TPSA) is 40.6 Å². The highest BCUT2D eigenvalue weighted by Gasteiger charge is 2.55. The summed E-state index contributed by atoms with van der Waals surface area (Å²) in [5, 5.41) is 0. The van der Waals surface area contributed by atoms with Crippen molar-refractivity contribution in [2.45, 2.75) is 13.8 Å². The molecule has 0 radical (unpaired) electrons. The van der Waals surface area contributed by atoms with Gasteiger partial charge in [0, 0.05) is 40.0 Å². The van der Waals surface area contributed by atoms with Crippen LogP contribution >= 0.6 is 0 Å². The zero-order valence-corrected chi connectivity index (χ0v) is 13.2. The molecule has 2 aliphatic rings. The van der Waals surface area contributed by atoms with Gasteiger partial charge in [-0.1, -0.05) is 23.3 Å². The van der Waals surface area contributed by atoms with Gasteiger partial charge in [-0.05, 0) is 13.8 Å². The Morgan fingerprint density at radius 2 is 1.20 bits per heavy atom. The summed E-state index contributed by atoms with van der Waals surface area (Å²) in [6.07, 6.45) is 4.22. The first kappa shape index (κ1) is 14.8. The molecule has 0 aromatic rings. The van der Waals surface area contributed by atoms with E-state index in [0.717, 1.165) is 0 Å². The minimum atomic E-state index is -0.250.